The minimum atomic E-state index is -0.701. The number of hydrazone groups is 1. The molecule has 0 bridgehead atoms. The SMILES string of the molecule is O=[N+]([O-])c1cc([C@H]2Oc3ccc(Cl)cc3[C@H]3CC(c4ccc(F)cc4)=NN32)ccc1Cl. The zero-order chi connectivity index (χ0) is 21.7. The van der Waals surface area contributed by atoms with Crippen LogP contribution in [0.5, 0.6) is 5.75 Å². The molecule has 0 saturated carbocycles. The van der Waals surface area contributed by atoms with Crippen LogP contribution >= 0.6 is 23.2 Å². The number of rotatable bonds is 3. The number of fused-ring (bicyclic) bond motifs is 3. The van der Waals surface area contributed by atoms with Gasteiger partial charge in [0.15, 0.2) is 0 Å². The number of nitro groups is 1. The summed E-state index contributed by atoms with van der Waals surface area (Å²) in [5, 5.41) is 18.5. The Morgan fingerprint density at radius 2 is 1.87 bits per heavy atom. The highest BCUT2D eigenvalue weighted by Crippen LogP contribution is 2.48. The van der Waals surface area contributed by atoms with E-state index in [0.29, 0.717) is 22.8 Å². The lowest BCUT2D eigenvalue weighted by molar-refractivity contribution is -0.384. The van der Waals surface area contributed by atoms with Gasteiger partial charge in [-0.15, -0.1) is 0 Å². The summed E-state index contributed by atoms with van der Waals surface area (Å²) < 4.78 is 19.6. The van der Waals surface area contributed by atoms with Crippen LogP contribution in [0.1, 0.15) is 35.4 Å². The van der Waals surface area contributed by atoms with Crippen LogP contribution in [0.3, 0.4) is 0 Å². The van der Waals surface area contributed by atoms with Gasteiger partial charge in [-0.25, -0.2) is 9.40 Å². The van der Waals surface area contributed by atoms with E-state index in [9.17, 15) is 14.5 Å². The summed E-state index contributed by atoms with van der Waals surface area (Å²) in [5.41, 5.74) is 2.76. The number of ether oxygens (including phenoxy) is 1. The molecule has 0 N–H and O–H groups in total. The molecule has 2 atom stereocenters. The summed E-state index contributed by atoms with van der Waals surface area (Å²) in [5.74, 6) is 0.302. The molecule has 2 aliphatic heterocycles. The fourth-order valence-corrected chi connectivity index (χ4v) is 4.29. The maximum Gasteiger partial charge on any atom is 0.288 e. The minimum absolute atomic E-state index is 0.0465. The van der Waals surface area contributed by atoms with Crippen molar-refractivity contribution in [2.45, 2.75) is 18.7 Å². The van der Waals surface area contributed by atoms with Crippen LogP contribution in [0, 0.1) is 15.9 Å². The number of benzene rings is 3. The Morgan fingerprint density at radius 3 is 2.61 bits per heavy atom. The van der Waals surface area contributed by atoms with E-state index in [-0.39, 0.29) is 22.6 Å². The van der Waals surface area contributed by atoms with Gasteiger partial charge in [0.25, 0.3) is 5.69 Å². The molecule has 31 heavy (non-hydrogen) atoms. The molecule has 3 aromatic carbocycles. The number of hydrogen-bond donors (Lipinski definition) is 0. The van der Waals surface area contributed by atoms with Crippen molar-refractivity contribution in [1.82, 2.24) is 5.01 Å². The highest BCUT2D eigenvalue weighted by atomic mass is 35.5. The fourth-order valence-electron chi connectivity index (χ4n) is 3.92. The van der Waals surface area contributed by atoms with Crippen LogP contribution in [0.25, 0.3) is 0 Å². The molecule has 0 aromatic heterocycles. The molecule has 0 spiro atoms. The highest BCUT2D eigenvalue weighted by Gasteiger charge is 2.41. The predicted octanol–water partition coefficient (Wildman–Crippen LogP) is 6.28. The van der Waals surface area contributed by atoms with Gasteiger partial charge in [-0.05, 0) is 42.0 Å². The van der Waals surface area contributed by atoms with Crippen molar-refractivity contribution in [2.24, 2.45) is 5.10 Å². The summed E-state index contributed by atoms with van der Waals surface area (Å²) in [6.07, 6.45) is -0.151. The second-order valence-corrected chi connectivity index (χ2v) is 8.12. The molecule has 0 aliphatic carbocycles. The summed E-state index contributed by atoms with van der Waals surface area (Å²) >= 11 is 12.2. The Balaban J connectivity index is 1.61. The van der Waals surface area contributed by atoms with Crippen molar-refractivity contribution in [1.29, 1.82) is 0 Å². The molecule has 3 aromatic rings. The topological polar surface area (TPSA) is 68.0 Å². The van der Waals surface area contributed by atoms with Gasteiger partial charge in [0.1, 0.15) is 16.6 Å². The van der Waals surface area contributed by atoms with E-state index in [1.165, 1.54) is 24.3 Å². The lowest BCUT2D eigenvalue weighted by Crippen LogP contribution is -2.33. The van der Waals surface area contributed by atoms with Crippen molar-refractivity contribution in [2.75, 3.05) is 0 Å². The Kier molecular flexibility index (Phi) is 4.79. The molecule has 0 fully saturated rings. The fraction of sp³-hybridized carbons (Fsp3) is 0.136. The van der Waals surface area contributed by atoms with Crippen molar-refractivity contribution < 1.29 is 14.1 Å². The molecule has 0 radical (unpaired) electrons. The van der Waals surface area contributed by atoms with Gasteiger partial charge < -0.3 is 4.74 Å². The predicted molar refractivity (Wildman–Crippen MR) is 115 cm³/mol. The second kappa shape index (κ2) is 7.51. The lowest BCUT2D eigenvalue weighted by Gasteiger charge is -2.38. The van der Waals surface area contributed by atoms with E-state index in [4.69, 9.17) is 33.0 Å². The van der Waals surface area contributed by atoms with Gasteiger partial charge in [0.05, 0.1) is 16.7 Å². The Hall–Kier alpha value is -3.16. The quantitative estimate of drug-likeness (QED) is 0.342. The third-order valence-electron chi connectivity index (χ3n) is 5.38. The molecule has 2 heterocycles. The molecular formula is C22H14Cl2FN3O3. The first-order chi connectivity index (χ1) is 14.9. The number of hydrogen-bond acceptors (Lipinski definition) is 5. The lowest BCUT2D eigenvalue weighted by atomic mass is 9.96. The third-order valence-corrected chi connectivity index (χ3v) is 5.94. The van der Waals surface area contributed by atoms with E-state index in [1.54, 1.807) is 35.3 Å². The van der Waals surface area contributed by atoms with Crippen molar-refractivity contribution in [3.05, 3.63) is 103 Å². The van der Waals surface area contributed by atoms with Crippen LogP contribution in [0.15, 0.2) is 65.8 Å². The maximum absolute atomic E-state index is 13.4. The summed E-state index contributed by atoms with van der Waals surface area (Å²) in [7, 11) is 0. The molecule has 0 unspecified atom stereocenters. The molecule has 0 amide bonds. The van der Waals surface area contributed by atoms with Crippen molar-refractivity contribution >= 4 is 34.6 Å². The Labute approximate surface area is 186 Å². The van der Waals surface area contributed by atoms with E-state index >= 15 is 0 Å². The maximum atomic E-state index is 13.4. The summed E-state index contributed by atoms with van der Waals surface area (Å²) in [6, 6.07) is 15.8. The van der Waals surface area contributed by atoms with Crippen molar-refractivity contribution in [3.63, 3.8) is 0 Å². The first kappa shape index (κ1) is 19.8. The zero-order valence-corrected chi connectivity index (χ0v) is 17.3. The van der Waals surface area contributed by atoms with Gasteiger partial charge in [0.2, 0.25) is 6.23 Å². The van der Waals surface area contributed by atoms with E-state index < -0.39 is 11.2 Å². The molecular weight excluding hydrogens is 444 g/mol. The Morgan fingerprint density at radius 1 is 1.10 bits per heavy atom. The number of halogens is 3. The molecule has 156 valence electrons. The second-order valence-electron chi connectivity index (χ2n) is 7.27. The van der Waals surface area contributed by atoms with Gasteiger partial charge in [0, 0.05) is 28.6 Å². The van der Waals surface area contributed by atoms with E-state index in [2.05, 4.69) is 0 Å². The smallest absolute Gasteiger partial charge is 0.288 e. The summed E-state index contributed by atoms with van der Waals surface area (Å²) in [6.45, 7) is 0. The normalized spacial score (nSPS) is 19.3. The van der Waals surface area contributed by atoms with Gasteiger partial charge in [-0.3, -0.25) is 10.1 Å². The molecule has 2 aliphatic rings. The third kappa shape index (κ3) is 3.49. The van der Waals surface area contributed by atoms with Crippen LogP contribution in [-0.2, 0) is 0 Å². The minimum Gasteiger partial charge on any atom is -0.464 e. The average Bonchev–Trinajstić information content (AvgIpc) is 3.20. The molecule has 6 nitrogen and oxygen atoms in total. The van der Waals surface area contributed by atoms with E-state index in [1.807, 2.05) is 6.07 Å². The van der Waals surface area contributed by atoms with Crippen LogP contribution in [-0.4, -0.2) is 15.6 Å². The summed E-state index contributed by atoms with van der Waals surface area (Å²) in [4.78, 5) is 10.8. The van der Waals surface area contributed by atoms with Crippen LogP contribution in [0.2, 0.25) is 10.0 Å². The van der Waals surface area contributed by atoms with Gasteiger partial charge in [-0.1, -0.05) is 41.4 Å². The van der Waals surface area contributed by atoms with Crippen molar-refractivity contribution in [3.8, 4) is 5.75 Å². The van der Waals surface area contributed by atoms with Gasteiger partial charge >= 0.3 is 0 Å². The van der Waals surface area contributed by atoms with Gasteiger partial charge in [-0.2, -0.15) is 5.10 Å². The number of nitro benzene ring substituents is 1. The highest BCUT2D eigenvalue weighted by molar-refractivity contribution is 6.32. The standard InChI is InChI=1S/C22H14Cl2FN3O3/c23-14-4-8-21-16(10-14)19-11-18(12-1-5-15(25)6-2-12)26-27(19)22(31-21)13-3-7-17(24)20(9-13)28(29)30/h1-10,19,22H,11H2/t19-,22-/m1/s1. The number of nitrogens with zero attached hydrogens (tertiary/aromatic N) is 3. The largest absolute Gasteiger partial charge is 0.464 e. The van der Waals surface area contributed by atoms with E-state index in [0.717, 1.165) is 16.8 Å². The Bertz CT molecular complexity index is 1230. The molecule has 0 saturated heterocycles. The van der Waals surface area contributed by atoms with Crippen LogP contribution < -0.4 is 4.74 Å². The molecule has 9 heteroatoms. The van der Waals surface area contributed by atoms with Crippen LogP contribution in [0.4, 0.5) is 10.1 Å². The first-order valence-corrected chi connectivity index (χ1v) is 10.2. The zero-order valence-electron chi connectivity index (χ0n) is 15.8. The average molecular weight is 458 g/mol. The monoisotopic (exact) mass is 457 g/mol. The molecule has 5 rings (SSSR count). The first-order valence-electron chi connectivity index (χ1n) is 9.42.